The lowest BCUT2D eigenvalue weighted by molar-refractivity contribution is 0.187. The van der Waals surface area contributed by atoms with Gasteiger partial charge in [0.05, 0.1) is 0 Å². The molecule has 1 aromatic heterocycles. The van der Waals surface area contributed by atoms with E-state index in [1.54, 1.807) is 18.3 Å². The van der Waals surface area contributed by atoms with Crippen LogP contribution in [0.3, 0.4) is 0 Å². The monoisotopic (exact) mass is 244 g/mol. The second-order valence-electron chi connectivity index (χ2n) is 2.28. The van der Waals surface area contributed by atoms with Gasteiger partial charge in [-0.2, -0.15) is 0 Å². The van der Waals surface area contributed by atoms with Crippen molar-refractivity contribution in [2.24, 2.45) is 0 Å². The molecule has 0 saturated heterocycles. The number of hydrogen-bond donors (Lipinski definition) is 1. The number of aliphatic hydroxyl groups excluding tert-OH is 1. The first kappa shape index (κ1) is 9.79. The van der Waals surface area contributed by atoms with Crippen LogP contribution in [-0.2, 0) is 0 Å². The van der Waals surface area contributed by atoms with Crippen molar-refractivity contribution in [3.05, 3.63) is 20.8 Å². The van der Waals surface area contributed by atoms with E-state index in [0.717, 1.165) is 9.35 Å². The minimum atomic E-state index is -0.452. The SMILES string of the molecule is CC#CCC(O)c1sccc1Br. The molecule has 0 bridgehead atoms. The van der Waals surface area contributed by atoms with E-state index < -0.39 is 6.10 Å². The summed E-state index contributed by atoms with van der Waals surface area (Å²) in [6, 6.07) is 1.93. The summed E-state index contributed by atoms with van der Waals surface area (Å²) in [6.45, 7) is 1.77. The zero-order valence-electron chi connectivity index (χ0n) is 6.67. The van der Waals surface area contributed by atoms with Crippen molar-refractivity contribution in [1.82, 2.24) is 0 Å². The van der Waals surface area contributed by atoms with E-state index in [1.165, 1.54) is 0 Å². The molecule has 3 heteroatoms. The van der Waals surface area contributed by atoms with E-state index >= 15 is 0 Å². The van der Waals surface area contributed by atoms with Gasteiger partial charge in [-0.3, -0.25) is 0 Å². The van der Waals surface area contributed by atoms with E-state index in [4.69, 9.17) is 0 Å². The largest absolute Gasteiger partial charge is 0.387 e. The first-order chi connectivity index (χ1) is 5.75. The van der Waals surface area contributed by atoms with Crippen molar-refractivity contribution in [2.45, 2.75) is 19.4 Å². The Balaban J connectivity index is 2.68. The van der Waals surface area contributed by atoms with E-state index in [1.807, 2.05) is 11.4 Å². The zero-order valence-corrected chi connectivity index (χ0v) is 9.08. The van der Waals surface area contributed by atoms with Gasteiger partial charge in [0.2, 0.25) is 0 Å². The van der Waals surface area contributed by atoms with Gasteiger partial charge in [0.1, 0.15) is 6.10 Å². The third-order valence-electron chi connectivity index (χ3n) is 1.42. The Morgan fingerprint density at radius 3 is 3.00 bits per heavy atom. The molecule has 0 aliphatic heterocycles. The fourth-order valence-corrected chi connectivity index (χ4v) is 2.46. The maximum absolute atomic E-state index is 9.60. The Morgan fingerprint density at radius 2 is 2.50 bits per heavy atom. The minimum Gasteiger partial charge on any atom is -0.387 e. The fraction of sp³-hybridized carbons (Fsp3) is 0.333. The van der Waals surface area contributed by atoms with Crippen LogP contribution in [0.25, 0.3) is 0 Å². The first-order valence-electron chi connectivity index (χ1n) is 3.56. The second-order valence-corrected chi connectivity index (χ2v) is 4.08. The van der Waals surface area contributed by atoms with Crippen LogP contribution in [0.15, 0.2) is 15.9 Å². The smallest absolute Gasteiger partial charge is 0.100 e. The van der Waals surface area contributed by atoms with Crippen molar-refractivity contribution in [2.75, 3.05) is 0 Å². The van der Waals surface area contributed by atoms with Gasteiger partial charge >= 0.3 is 0 Å². The lowest BCUT2D eigenvalue weighted by Gasteiger charge is -2.03. The molecule has 0 fully saturated rings. The summed E-state index contributed by atoms with van der Waals surface area (Å²) in [5, 5.41) is 11.5. The first-order valence-corrected chi connectivity index (χ1v) is 5.23. The highest BCUT2D eigenvalue weighted by Gasteiger charge is 2.10. The van der Waals surface area contributed by atoms with Crippen LogP contribution < -0.4 is 0 Å². The molecule has 1 unspecified atom stereocenters. The van der Waals surface area contributed by atoms with Crippen LogP contribution in [0.1, 0.15) is 24.3 Å². The number of rotatable bonds is 2. The highest BCUT2D eigenvalue weighted by molar-refractivity contribution is 9.10. The molecule has 1 N–H and O–H groups in total. The molecular formula is C9H9BrOS. The van der Waals surface area contributed by atoms with Gasteiger partial charge in [0.25, 0.3) is 0 Å². The standard InChI is InChI=1S/C9H9BrOS/c1-2-3-4-8(11)9-7(10)5-6-12-9/h5-6,8,11H,4H2,1H3. The number of hydrogen-bond acceptors (Lipinski definition) is 2. The molecule has 64 valence electrons. The predicted molar refractivity (Wildman–Crippen MR) is 55.0 cm³/mol. The van der Waals surface area contributed by atoms with Crippen LogP contribution in [0, 0.1) is 11.8 Å². The molecule has 0 amide bonds. The predicted octanol–water partition coefficient (Wildman–Crippen LogP) is 2.96. The van der Waals surface area contributed by atoms with Crippen molar-refractivity contribution in [3.63, 3.8) is 0 Å². The molecule has 1 nitrogen and oxygen atoms in total. The zero-order chi connectivity index (χ0) is 8.97. The summed E-state index contributed by atoms with van der Waals surface area (Å²) in [5.74, 6) is 5.61. The molecule has 0 aromatic carbocycles. The van der Waals surface area contributed by atoms with Crippen molar-refractivity contribution in [3.8, 4) is 11.8 Å². The summed E-state index contributed by atoms with van der Waals surface area (Å²) in [5.41, 5.74) is 0. The number of halogens is 1. The van der Waals surface area contributed by atoms with Gasteiger partial charge in [-0.05, 0) is 34.3 Å². The normalized spacial score (nSPS) is 11.9. The maximum atomic E-state index is 9.60. The quantitative estimate of drug-likeness (QED) is 0.794. The molecule has 0 spiro atoms. The molecule has 0 aliphatic rings. The second kappa shape index (κ2) is 4.66. The van der Waals surface area contributed by atoms with Crippen LogP contribution >= 0.6 is 27.3 Å². The Hall–Kier alpha value is -0.300. The Labute approximate surface area is 84.6 Å². The molecule has 0 aliphatic carbocycles. The average molecular weight is 245 g/mol. The molecule has 0 radical (unpaired) electrons. The van der Waals surface area contributed by atoms with E-state index in [2.05, 4.69) is 27.8 Å². The highest BCUT2D eigenvalue weighted by Crippen LogP contribution is 2.30. The third kappa shape index (κ3) is 2.34. The van der Waals surface area contributed by atoms with Crippen molar-refractivity contribution >= 4 is 27.3 Å². The van der Waals surface area contributed by atoms with Crippen LogP contribution in [0.5, 0.6) is 0 Å². The van der Waals surface area contributed by atoms with Crippen molar-refractivity contribution in [1.29, 1.82) is 0 Å². The third-order valence-corrected chi connectivity index (χ3v) is 3.39. The summed E-state index contributed by atoms with van der Waals surface area (Å²) >= 11 is 4.90. The van der Waals surface area contributed by atoms with Crippen LogP contribution in [0.4, 0.5) is 0 Å². The Kier molecular flexibility index (Phi) is 3.80. The van der Waals surface area contributed by atoms with Gasteiger partial charge in [0, 0.05) is 15.8 Å². The maximum Gasteiger partial charge on any atom is 0.100 e. The van der Waals surface area contributed by atoms with Gasteiger partial charge in [-0.1, -0.05) is 0 Å². The Bertz CT molecular complexity index is 308. The summed E-state index contributed by atoms with van der Waals surface area (Å²) in [4.78, 5) is 0.956. The van der Waals surface area contributed by atoms with Gasteiger partial charge in [0.15, 0.2) is 0 Å². The molecule has 1 heterocycles. The molecule has 1 aromatic rings. The minimum absolute atomic E-state index is 0.452. The van der Waals surface area contributed by atoms with Crippen LogP contribution in [-0.4, -0.2) is 5.11 Å². The van der Waals surface area contributed by atoms with Gasteiger partial charge in [-0.15, -0.1) is 23.2 Å². The average Bonchev–Trinajstić information content (AvgIpc) is 2.47. The van der Waals surface area contributed by atoms with Crippen molar-refractivity contribution < 1.29 is 5.11 Å². The van der Waals surface area contributed by atoms with E-state index in [0.29, 0.717) is 6.42 Å². The fourth-order valence-electron chi connectivity index (χ4n) is 0.835. The van der Waals surface area contributed by atoms with Gasteiger partial charge < -0.3 is 5.11 Å². The summed E-state index contributed by atoms with van der Waals surface area (Å²) < 4.78 is 0.970. The molecule has 1 atom stereocenters. The topological polar surface area (TPSA) is 20.2 Å². The lowest BCUT2D eigenvalue weighted by atomic mass is 10.2. The Morgan fingerprint density at radius 1 is 1.75 bits per heavy atom. The molecule has 0 saturated carbocycles. The van der Waals surface area contributed by atoms with Crippen LogP contribution in [0.2, 0.25) is 0 Å². The summed E-state index contributed by atoms with van der Waals surface area (Å²) in [6.07, 6.45) is 0.0575. The highest BCUT2D eigenvalue weighted by atomic mass is 79.9. The number of aliphatic hydroxyl groups is 1. The van der Waals surface area contributed by atoms with E-state index in [-0.39, 0.29) is 0 Å². The molecule has 1 rings (SSSR count). The summed E-state index contributed by atoms with van der Waals surface area (Å²) in [7, 11) is 0. The number of thiophene rings is 1. The molecular weight excluding hydrogens is 236 g/mol. The molecule has 12 heavy (non-hydrogen) atoms. The lowest BCUT2D eigenvalue weighted by Crippen LogP contribution is -1.92. The van der Waals surface area contributed by atoms with Gasteiger partial charge in [-0.25, -0.2) is 0 Å². The van der Waals surface area contributed by atoms with E-state index in [9.17, 15) is 5.11 Å².